The third-order valence-corrected chi connectivity index (χ3v) is 4.85. The van der Waals surface area contributed by atoms with E-state index in [0.29, 0.717) is 18.0 Å². The summed E-state index contributed by atoms with van der Waals surface area (Å²) in [7, 11) is 1.61. The fraction of sp³-hybridized carbons (Fsp3) is 0.304. The van der Waals surface area contributed by atoms with Gasteiger partial charge in [0, 0.05) is 12.1 Å². The van der Waals surface area contributed by atoms with Crippen LogP contribution in [0.5, 0.6) is 0 Å². The van der Waals surface area contributed by atoms with Crippen LogP contribution in [0.3, 0.4) is 0 Å². The van der Waals surface area contributed by atoms with E-state index in [0.717, 1.165) is 36.1 Å². The molecule has 1 atom stereocenters. The molecule has 5 heteroatoms. The van der Waals surface area contributed by atoms with Crippen molar-refractivity contribution in [3.8, 4) is 0 Å². The van der Waals surface area contributed by atoms with Gasteiger partial charge in [-0.25, -0.2) is 4.99 Å². The van der Waals surface area contributed by atoms with Crippen molar-refractivity contribution in [2.75, 3.05) is 13.7 Å². The lowest BCUT2D eigenvalue weighted by atomic mass is 10.0. The third kappa shape index (κ3) is 4.42. The van der Waals surface area contributed by atoms with Crippen LogP contribution in [0, 0.1) is 6.92 Å². The molecule has 1 amide bonds. The number of amides is 1. The molecule has 0 saturated carbocycles. The highest BCUT2D eigenvalue weighted by molar-refractivity contribution is 5.98. The van der Waals surface area contributed by atoms with Crippen molar-refractivity contribution in [1.82, 2.24) is 4.90 Å². The van der Waals surface area contributed by atoms with Crippen molar-refractivity contribution < 1.29 is 13.9 Å². The molecule has 5 nitrogen and oxygen atoms in total. The van der Waals surface area contributed by atoms with Crippen molar-refractivity contribution in [3.63, 3.8) is 0 Å². The number of likely N-dealkylation sites (tertiary alicyclic amines) is 1. The molecule has 0 N–H and O–H groups in total. The monoisotopic (exact) mass is 378 g/mol. The van der Waals surface area contributed by atoms with Gasteiger partial charge in [0.05, 0.1) is 24.6 Å². The molecule has 1 fully saturated rings. The first kappa shape index (κ1) is 19.7. The van der Waals surface area contributed by atoms with E-state index >= 15 is 0 Å². The molecule has 1 aromatic carbocycles. The molecule has 3 rings (SSSR count). The minimum atomic E-state index is -0.209. The highest BCUT2D eigenvalue weighted by Gasteiger charge is 2.32. The van der Waals surface area contributed by atoms with E-state index in [1.54, 1.807) is 19.3 Å². The van der Waals surface area contributed by atoms with Crippen LogP contribution in [0.25, 0.3) is 5.70 Å². The van der Waals surface area contributed by atoms with E-state index in [1.807, 2.05) is 36.1 Å². The maximum atomic E-state index is 12.9. The fourth-order valence-corrected chi connectivity index (χ4v) is 3.47. The molecule has 2 heterocycles. The summed E-state index contributed by atoms with van der Waals surface area (Å²) in [6.45, 7) is 6.52. The van der Waals surface area contributed by atoms with Crippen molar-refractivity contribution in [2.45, 2.75) is 32.2 Å². The smallest absolute Gasteiger partial charge is 0.257 e. The first-order valence-electron chi connectivity index (χ1n) is 9.49. The second-order valence-corrected chi connectivity index (χ2v) is 6.83. The van der Waals surface area contributed by atoms with Gasteiger partial charge >= 0.3 is 0 Å². The summed E-state index contributed by atoms with van der Waals surface area (Å²) in [5, 5.41) is 0. The predicted molar refractivity (Wildman–Crippen MR) is 111 cm³/mol. The van der Waals surface area contributed by atoms with E-state index in [4.69, 9.17) is 14.1 Å². The Morgan fingerprint density at radius 3 is 2.86 bits per heavy atom. The summed E-state index contributed by atoms with van der Waals surface area (Å²) in [5.41, 5.74) is 3.44. The van der Waals surface area contributed by atoms with E-state index in [2.05, 4.69) is 12.6 Å². The Bertz CT molecular complexity index is 881. The standard InChI is InChI=1S/C23H26N2O3/c1-4-8-20(18-10-7-9-17(2)15-18)24-22(27-3)21-11-5-6-13-25(21)23(26)19-12-14-28-16-19/h4,7-10,12,14-16,21H,1,5-6,11,13H2,2-3H3/b20-8+,24-22?. The van der Waals surface area contributed by atoms with Crippen LogP contribution in [-0.4, -0.2) is 36.4 Å². The summed E-state index contributed by atoms with van der Waals surface area (Å²) < 4.78 is 10.8. The predicted octanol–water partition coefficient (Wildman–Crippen LogP) is 4.85. The number of methoxy groups -OCH3 is 1. The highest BCUT2D eigenvalue weighted by atomic mass is 16.5. The van der Waals surface area contributed by atoms with Gasteiger partial charge in [-0.3, -0.25) is 4.79 Å². The quantitative estimate of drug-likeness (QED) is 0.424. The zero-order valence-corrected chi connectivity index (χ0v) is 16.4. The Kier molecular flexibility index (Phi) is 6.48. The minimum absolute atomic E-state index is 0.0620. The third-order valence-electron chi connectivity index (χ3n) is 4.85. The second-order valence-electron chi connectivity index (χ2n) is 6.83. The van der Waals surface area contributed by atoms with Gasteiger partial charge in [-0.05, 0) is 44.4 Å². The zero-order chi connectivity index (χ0) is 19.9. The fourth-order valence-electron chi connectivity index (χ4n) is 3.47. The van der Waals surface area contributed by atoms with E-state index in [-0.39, 0.29) is 11.9 Å². The van der Waals surface area contributed by atoms with Crippen molar-refractivity contribution >= 4 is 17.5 Å². The average Bonchev–Trinajstić information content (AvgIpc) is 3.25. The molecule has 1 aromatic heterocycles. The van der Waals surface area contributed by atoms with Gasteiger partial charge in [0.2, 0.25) is 5.90 Å². The lowest BCUT2D eigenvalue weighted by molar-refractivity contribution is 0.0659. The number of hydrogen-bond acceptors (Lipinski definition) is 4. The molecular weight excluding hydrogens is 352 g/mol. The topological polar surface area (TPSA) is 55.0 Å². The highest BCUT2D eigenvalue weighted by Crippen LogP contribution is 2.24. The average molecular weight is 378 g/mol. The van der Waals surface area contributed by atoms with Gasteiger partial charge in [0.1, 0.15) is 12.3 Å². The Hall–Kier alpha value is -3.08. The molecule has 0 spiro atoms. The summed E-state index contributed by atoms with van der Waals surface area (Å²) in [4.78, 5) is 19.6. The molecule has 1 saturated heterocycles. The molecular formula is C23H26N2O3. The maximum Gasteiger partial charge on any atom is 0.257 e. The lowest BCUT2D eigenvalue weighted by Gasteiger charge is -2.35. The first-order chi connectivity index (χ1) is 13.6. The van der Waals surface area contributed by atoms with Crippen molar-refractivity contribution in [3.05, 3.63) is 78.3 Å². The van der Waals surface area contributed by atoms with Crippen LogP contribution in [0.15, 0.2) is 71.0 Å². The van der Waals surface area contributed by atoms with E-state index in [1.165, 1.54) is 12.5 Å². The molecule has 1 aliphatic rings. The van der Waals surface area contributed by atoms with Crippen LogP contribution in [0.4, 0.5) is 0 Å². The molecule has 0 bridgehead atoms. The van der Waals surface area contributed by atoms with Gasteiger partial charge in [0.15, 0.2) is 0 Å². The van der Waals surface area contributed by atoms with Crippen LogP contribution in [0.1, 0.15) is 40.7 Å². The van der Waals surface area contributed by atoms with Crippen LogP contribution in [-0.2, 0) is 4.74 Å². The van der Waals surface area contributed by atoms with Crippen molar-refractivity contribution in [1.29, 1.82) is 0 Å². The second kappa shape index (κ2) is 9.22. The Balaban J connectivity index is 1.95. The zero-order valence-electron chi connectivity index (χ0n) is 16.4. The number of ether oxygens (including phenoxy) is 1. The molecule has 1 aliphatic heterocycles. The van der Waals surface area contributed by atoms with E-state index in [9.17, 15) is 4.79 Å². The number of aliphatic imine (C=N–C) groups is 1. The van der Waals surface area contributed by atoms with Crippen LogP contribution >= 0.6 is 0 Å². The molecule has 28 heavy (non-hydrogen) atoms. The largest absolute Gasteiger partial charge is 0.483 e. The summed E-state index contributed by atoms with van der Waals surface area (Å²) in [6.07, 6.45) is 9.36. The number of carbonyl (C=O) groups is 1. The first-order valence-corrected chi connectivity index (χ1v) is 9.49. The summed E-state index contributed by atoms with van der Waals surface area (Å²) in [5.74, 6) is 0.471. The molecule has 2 aromatic rings. The van der Waals surface area contributed by atoms with Gasteiger partial charge < -0.3 is 14.1 Å². The van der Waals surface area contributed by atoms with Crippen molar-refractivity contribution in [2.24, 2.45) is 4.99 Å². The van der Waals surface area contributed by atoms with Gasteiger partial charge in [-0.1, -0.05) is 36.4 Å². The van der Waals surface area contributed by atoms with Gasteiger partial charge in [-0.15, -0.1) is 0 Å². The number of nitrogens with zero attached hydrogens (tertiary/aromatic N) is 2. The number of allylic oxidation sites excluding steroid dienone is 2. The lowest BCUT2D eigenvalue weighted by Crippen LogP contribution is -2.48. The van der Waals surface area contributed by atoms with Crippen LogP contribution < -0.4 is 0 Å². The Labute approximate surface area is 166 Å². The summed E-state index contributed by atoms with van der Waals surface area (Å²) >= 11 is 0. The summed E-state index contributed by atoms with van der Waals surface area (Å²) in [6, 6.07) is 9.60. The number of hydrogen-bond donors (Lipinski definition) is 0. The SMILES string of the molecule is C=C/C=C(/N=C(OC)C1CCCCN1C(=O)c1ccoc1)c1cccc(C)c1. The van der Waals surface area contributed by atoms with E-state index < -0.39 is 0 Å². The van der Waals surface area contributed by atoms with Gasteiger partial charge in [-0.2, -0.15) is 0 Å². The van der Waals surface area contributed by atoms with Crippen LogP contribution in [0.2, 0.25) is 0 Å². The Morgan fingerprint density at radius 2 is 2.18 bits per heavy atom. The number of furan rings is 1. The molecule has 0 aliphatic carbocycles. The van der Waals surface area contributed by atoms with Gasteiger partial charge in [0.25, 0.3) is 5.91 Å². The minimum Gasteiger partial charge on any atom is -0.483 e. The number of rotatable bonds is 5. The molecule has 0 radical (unpaired) electrons. The molecule has 146 valence electrons. The number of carbonyl (C=O) groups excluding carboxylic acids is 1. The number of aryl methyl sites for hydroxylation is 1. The number of piperidine rings is 1. The maximum absolute atomic E-state index is 12.9. The number of benzene rings is 1. The molecule has 1 unspecified atom stereocenters. The Morgan fingerprint density at radius 1 is 1.32 bits per heavy atom. The normalized spacial score (nSPS) is 18.1.